The van der Waals surface area contributed by atoms with E-state index >= 15 is 0 Å². The summed E-state index contributed by atoms with van der Waals surface area (Å²) in [6.07, 6.45) is 1.86. The summed E-state index contributed by atoms with van der Waals surface area (Å²) in [5, 5.41) is 1.05. The van der Waals surface area contributed by atoms with Gasteiger partial charge in [0, 0.05) is 17.3 Å². The number of anilines is 1. The number of aromatic nitrogens is 1. The Labute approximate surface area is 155 Å². The van der Waals surface area contributed by atoms with E-state index in [1.165, 1.54) is 12.1 Å². The zero-order valence-electron chi connectivity index (χ0n) is 14.2. The number of hydrogen-bond donors (Lipinski definition) is 1. The van der Waals surface area contributed by atoms with E-state index in [1.54, 1.807) is 11.3 Å². The molecule has 0 radical (unpaired) electrons. The number of halogens is 1. The van der Waals surface area contributed by atoms with Crippen LogP contribution in [0.5, 0.6) is 0 Å². The quantitative estimate of drug-likeness (QED) is 0.389. The SMILES string of the molecule is C=Cc1sc2ccc(N)c(-c3ccccc3)c2[n+]1Cc1ccc(F)cc1. The average molecular weight is 361 g/mol. The molecular formula is C22H18FN2S+. The standard InChI is InChI=1S/C22H18FN2S/c1-2-20-25(14-15-8-10-17(23)11-9-15)22-19(26-20)13-12-18(24)21(22)16-6-4-3-5-7-16/h2-13H,1,14,24H2/q+1. The van der Waals surface area contributed by atoms with Gasteiger partial charge in [0.15, 0.2) is 6.54 Å². The van der Waals surface area contributed by atoms with E-state index in [9.17, 15) is 4.39 Å². The third kappa shape index (κ3) is 2.89. The molecule has 4 rings (SSSR count). The fourth-order valence-corrected chi connectivity index (χ4v) is 4.23. The highest BCUT2D eigenvalue weighted by atomic mass is 32.1. The Bertz CT molecular complexity index is 1080. The zero-order chi connectivity index (χ0) is 18.1. The van der Waals surface area contributed by atoms with Crippen molar-refractivity contribution in [1.82, 2.24) is 0 Å². The van der Waals surface area contributed by atoms with E-state index < -0.39 is 0 Å². The molecule has 0 saturated heterocycles. The van der Waals surface area contributed by atoms with Gasteiger partial charge in [0.2, 0.25) is 5.52 Å². The van der Waals surface area contributed by atoms with Crippen molar-refractivity contribution in [3.8, 4) is 11.1 Å². The van der Waals surface area contributed by atoms with E-state index in [0.717, 1.165) is 37.6 Å². The predicted octanol–water partition coefficient (Wildman–Crippen LogP) is 5.27. The van der Waals surface area contributed by atoms with Crippen LogP contribution in [-0.2, 0) is 6.54 Å². The molecule has 0 unspecified atom stereocenters. The van der Waals surface area contributed by atoms with Gasteiger partial charge in [0.25, 0.3) is 5.01 Å². The average Bonchev–Trinajstić information content (AvgIpc) is 3.02. The van der Waals surface area contributed by atoms with E-state index in [4.69, 9.17) is 5.73 Å². The number of rotatable bonds is 4. The molecule has 0 bridgehead atoms. The molecule has 2 N–H and O–H groups in total. The van der Waals surface area contributed by atoms with Crippen LogP contribution in [0.1, 0.15) is 10.6 Å². The number of nitrogen functional groups attached to an aromatic ring is 1. The van der Waals surface area contributed by atoms with Crippen molar-refractivity contribution in [3.05, 3.63) is 89.7 Å². The van der Waals surface area contributed by atoms with Gasteiger partial charge in [-0.15, -0.1) is 0 Å². The highest BCUT2D eigenvalue weighted by Gasteiger charge is 2.24. The summed E-state index contributed by atoms with van der Waals surface area (Å²) in [5.74, 6) is -0.230. The first-order valence-corrected chi connectivity index (χ1v) is 9.16. The maximum Gasteiger partial charge on any atom is 0.262 e. The van der Waals surface area contributed by atoms with Gasteiger partial charge < -0.3 is 5.73 Å². The highest BCUT2D eigenvalue weighted by Crippen LogP contribution is 2.35. The van der Waals surface area contributed by atoms with Crippen LogP contribution in [0.25, 0.3) is 27.4 Å². The minimum absolute atomic E-state index is 0.230. The van der Waals surface area contributed by atoms with Crippen molar-refractivity contribution in [2.45, 2.75) is 6.54 Å². The van der Waals surface area contributed by atoms with Crippen molar-refractivity contribution in [3.63, 3.8) is 0 Å². The third-order valence-corrected chi connectivity index (χ3v) is 5.56. The Morgan fingerprint density at radius 2 is 1.73 bits per heavy atom. The topological polar surface area (TPSA) is 29.9 Å². The van der Waals surface area contributed by atoms with Gasteiger partial charge >= 0.3 is 0 Å². The first-order valence-electron chi connectivity index (χ1n) is 8.34. The Morgan fingerprint density at radius 3 is 2.42 bits per heavy atom. The van der Waals surface area contributed by atoms with Gasteiger partial charge in [0.1, 0.15) is 10.5 Å². The van der Waals surface area contributed by atoms with Crippen LogP contribution in [0.3, 0.4) is 0 Å². The molecule has 1 aromatic heterocycles. The summed E-state index contributed by atoms with van der Waals surface area (Å²) >= 11 is 1.68. The molecular weight excluding hydrogens is 343 g/mol. The third-order valence-electron chi connectivity index (χ3n) is 4.41. The van der Waals surface area contributed by atoms with E-state index in [1.807, 2.05) is 42.5 Å². The van der Waals surface area contributed by atoms with Gasteiger partial charge in [-0.3, -0.25) is 0 Å². The molecule has 3 aromatic carbocycles. The highest BCUT2D eigenvalue weighted by molar-refractivity contribution is 7.19. The summed E-state index contributed by atoms with van der Waals surface area (Å²) in [4.78, 5) is 0. The van der Waals surface area contributed by atoms with E-state index in [0.29, 0.717) is 6.54 Å². The molecule has 0 fully saturated rings. The lowest BCUT2D eigenvalue weighted by molar-refractivity contribution is -0.659. The van der Waals surface area contributed by atoms with Crippen molar-refractivity contribution < 1.29 is 8.96 Å². The van der Waals surface area contributed by atoms with Crippen molar-refractivity contribution >= 4 is 33.3 Å². The summed E-state index contributed by atoms with van der Waals surface area (Å²) < 4.78 is 16.6. The number of fused-ring (bicyclic) bond motifs is 1. The Morgan fingerprint density at radius 1 is 1.00 bits per heavy atom. The molecule has 0 amide bonds. The smallest absolute Gasteiger partial charge is 0.262 e. The number of nitrogens with two attached hydrogens (primary N) is 1. The lowest BCUT2D eigenvalue weighted by atomic mass is 10.0. The molecule has 2 nitrogen and oxygen atoms in total. The van der Waals surface area contributed by atoms with Crippen LogP contribution in [0.4, 0.5) is 10.1 Å². The fraction of sp³-hybridized carbons (Fsp3) is 0.0455. The molecule has 0 spiro atoms. The van der Waals surface area contributed by atoms with Gasteiger partial charge in [-0.1, -0.05) is 48.2 Å². The summed E-state index contributed by atoms with van der Waals surface area (Å²) in [6.45, 7) is 4.60. The van der Waals surface area contributed by atoms with Crippen molar-refractivity contribution in [2.24, 2.45) is 0 Å². The van der Waals surface area contributed by atoms with E-state index in [2.05, 4.69) is 29.3 Å². The minimum Gasteiger partial charge on any atom is -0.398 e. The number of benzene rings is 3. The second-order valence-electron chi connectivity index (χ2n) is 6.10. The minimum atomic E-state index is -0.230. The second-order valence-corrected chi connectivity index (χ2v) is 7.16. The van der Waals surface area contributed by atoms with Crippen molar-refractivity contribution in [2.75, 3.05) is 5.73 Å². The molecule has 0 aliphatic rings. The Hall–Kier alpha value is -2.98. The number of hydrogen-bond acceptors (Lipinski definition) is 2. The maximum atomic E-state index is 13.3. The van der Waals surface area contributed by atoms with Gasteiger partial charge in [-0.05, 0) is 42.0 Å². The molecule has 1 heterocycles. The number of nitrogens with zero attached hydrogens (tertiary/aromatic N) is 1. The molecule has 0 saturated carbocycles. The molecule has 128 valence electrons. The molecule has 0 atom stereocenters. The summed E-state index contributed by atoms with van der Waals surface area (Å²) in [6, 6.07) is 20.8. The van der Waals surface area contributed by atoms with Crippen LogP contribution in [0.15, 0.2) is 73.3 Å². The lowest BCUT2D eigenvalue weighted by Gasteiger charge is -2.07. The normalized spacial score (nSPS) is 11.0. The van der Waals surface area contributed by atoms with E-state index in [-0.39, 0.29) is 5.82 Å². The van der Waals surface area contributed by atoms with Crippen LogP contribution in [0, 0.1) is 5.82 Å². The molecule has 0 aliphatic carbocycles. The maximum absolute atomic E-state index is 13.3. The first kappa shape index (κ1) is 16.5. The molecule has 4 aromatic rings. The Kier molecular flexibility index (Phi) is 4.27. The second kappa shape index (κ2) is 6.73. The van der Waals surface area contributed by atoms with Crippen LogP contribution in [0.2, 0.25) is 0 Å². The van der Waals surface area contributed by atoms with Crippen LogP contribution < -0.4 is 10.3 Å². The van der Waals surface area contributed by atoms with Crippen LogP contribution in [-0.4, -0.2) is 0 Å². The number of thiazole rings is 1. The molecule has 0 aliphatic heterocycles. The first-order chi connectivity index (χ1) is 12.7. The zero-order valence-corrected chi connectivity index (χ0v) is 15.0. The lowest BCUT2D eigenvalue weighted by Crippen LogP contribution is -2.36. The van der Waals surface area contributed by atoms with Crippen molar-refractivity contribution in [1.29, 1.82) is 0 Å². The Balaban J connectivity index is 1.97. The monoisotopic (exact) mass is 361 g/mol. The molecule has 4 heteroatoms. The summed E-state index contributed by atoms with van der Waals surface area (Å²) in [5.41, 5.74) is 11.3. The fourth-order valence-electron chi connectivity index (χ4n) is 3.21. The van der Waals surface area contributed by atoms with Gasteiger partial charge in [-0.25, -0.2) is 4.39 Å². The van der Waals surface area contributed by atoms with Crippen LogP contribution >= 0.6 is 11.3 Å². The largest absolute Gasteiger partial charge is 0.398 e. The predicted molar refractivity (Wildman–Crippen MR) is 107 cm³/mol. The van der Waals surface area contributed by atoms with Gasteiger partial charge in [-0.2, -0.15) is 4.57 Å². The molecule has 26 heavy (non-hydrogen) atoms. The van der Waals surface area contributed by atoms with Gasteiger partial charge in [0.05, 0.1) is 5.56 Å². The summed E-state index contributed by atoms with van der Waals surface area (Å²) in [7, 11) is 0.